The Balaban J connectivity index is 1.72. The average Bonchev–Trinajstić information content (AvgIpc) is 2.76. The lowest BCUT2D eigenvalue weighted by Gasteiger charge is -2.55. The maximum atomic E-state index is 10.9. The smallest absolute Gasteiger partial charge is 0.367 e. The minimum Gasteiger partial charge on any atom is -0.476 e. The van der Waals surface area contributed by atoms with E-state index >= 15 is 0 Å². The molecule has 18 heavy (non-hydrogen) atoms. The summed E-state index contributed by atoms with van der Waals surface area (Å²) in [5.74, 6) is 1.62. The van der Waals surface area contributed by atoms with Crippen LogP contribution < -0.4 is 0 Å². The van der Waals surface area contributed by atoms with Gasteiger partial charge in [0, 0.05) is 5.41 Å². The second kappa shape index (κ2) is 3.53. The highest BCUT2D eigenvalue weighted by Gasteiger charge is 2.53. The number of aromatic carboxylic acids is 1. The fourth-order valence-electron chi connectivity index (χ4n) is 4.90. The van der Waals surface area contributed by atoms with Gasteiger partial charge in [0.1, 0.15) is 5.01 Å². The first-order chi connectivity index (χ1) is 8.64. The molecule has 0 aliphatic heterocycles. The molecule has 4 saturated carbocycles. The summed E-state index contributed by atoms with van der Waals surface area (Å²) in [5, 5.41) is 18.2. The monoisotopic (exact) mass is 264 g/mol. The summed E-state index contributed by atoms with van der Waals surface area (Å²) in [5.41, 5.74) is 0.181. The van der Waals surface area contributed by atoms with E-state index in [2.05, 4.69) is 10.2 Å². The average molecular weight is 264 g/mol. The number of hydrogen-bond acceptors (Lipinski definition) is 4. The highest BCUT2D eigenvalue weighted by atomic mass is 32.1. The SMILES string of the molecule is O=C(O)c1nnc(C23CC4CC(CC(C4)C2)C3)s1. The van der Waals surface area contributed by atoms with Crippen molar-refractivity contribution in [3.63, 3.8) is 0 Å². The van der Waals surface area contributed by atoms with Gasteiger partial charge in [0.05, 0.1) is 0 Å². The zero-order valence-electron chi connectivity index (χ0n) is 10.1. The highest BCUT2D eigenvalue weighted by molar-refractivity contribution is 7.13. The Labute approximate surface area is 109 Å². The minimum atomic E-state index is -0.941. The number of aromatic nitrogens is 2. The van der Waals surface area contributed by atoms with E-state index in [9.17, 15) is 4.79 Å². The fourth-order valence-corrected chi connectivity index (χ4v) is 5.80. The predicted octanol–water partition coefficient (Wildman–Crippen LogP) is 2.70. The standard InChI is InChI=1S/C13H16N2O2S/c16-11(17)10-14-15-12(18-10)13-4-7-1-8(5-13)3-9(2-7)6-13/h7-9H,1-6H2,(H,16,17). The van der Waals surface area contributed by atoms with E-state index < -0.39 is 5.97 Å². The number of rotatable bonds is 2. The molecule has 0 saturated heterocycles. The molecular weight excluding hydrogens is 248 g/mol. The van der Waals surface area contributed by atoms with Crippen LogP contribution in [-0.4, -0.2) is 21.3 Å². The van der Waals surface area contributed by atoms with Crippen LogP contribution in [0.5, 0.6) is 0 Å². The van der Waals surface area contributed by atoms with E-state index in [1.165, 1.54) is 49.9 Å². The van der Waals surface area contributed by atoms with Gasteiger partial charge in [0.2, 0.25) is 5.01 Å². The van der Waals surface area contributed by atoms with Crippen molar-refractivity contribution in [3.8, 4) is 0 Å². The van der Waals surface area contributed by atoms with Crippen molar-refractivity contribution in [1.29, 1.82) is 0 Å². The third-order valence-electron chi connectivity index (χ3n) is 5.10. The lowest BCUT2D eigenvalue weighted by Crippen LogP contribution is -2.48. The van der Waals surface area contributed by atoms with E-state index in [1.807, 2.05) is 0 Å². The molecule has 4 fully saturated rings. The van der Waals surface area contributed by atoms with Crippen LogP contribution in [0.1, 0.15) is 53.3 Å². The van der Waals surface area contributed by atoms with E-state index in [4.69, 9.17) is 5.11 Å². The third-order valence-corrected chi connectivity index (χ3v) is 6.26. The summed E-state index contributed by atoms with van der Waals surface area (Å²) in [6, 6.07) is 0. The molecule has 4 bridgehead atoms. The Morgan fingerprint density at radius 2 is 1.67 bits per heavy atom. The Morgan fingerprint density at radius 1 is 1.11 bits per heavy atom. The van der Waals surface area contributed by atoms with Crippen LogP contribution in [0.3, 0.4) is 0 Å². The molecule has 0 atom stereocenters. The van der Waals surface area contributed by atoms with Gasteiger partial charge in [-0.3, -0.25) is 0 Å². The van der Waals surface area contributed by atoms with Gasteiger partial charge in [-0.1, -0.05) is 11.3 Å². The molecule has 4 nitrogen and oxygen atoms in total. The minimum absolute atomic E-state index is 0.153. The van der Waals surface area contributed by atoms with Crippen molar-refractivity contribution in [2.24, 2.45) is 17.8 Å². The lowest BCUT2D eigenvalue weighted by atomic mass is 9.50. The van der Waals surface area contributed by atoms with Gasteiger partial charge in [0.15, 0.2) is 0 Å². The molecule has 0 aromatic carbocycles. The van der Waals surface area contributed by atoms with Crippen molar-refractivity contribution in [1.82, 2.24) is 10.2 Å². The fraction of sp³-hybridized carbons (Fsp3) is 0.769. The summed E-state index contributed by atoms with van der Waals surface area (Å²) < 4.78 is 0. The van der Waals surface area contributed by atoms with Crippen LogP contribution in [0.2, 0.25) is 0 Å². The van der Waals surface area contributed by atoms with E-state index in [1.54, 1.807) is 0 Å². The maximum Gasteiger partial charge on any atom is 0.367 e. The molecule has 1 N–H and O–H groups in total. The van der Waals surface area contributed by atoms with Crippen molar-refractivity contribution in [3.05, 3.63) is 10.0 Å². The lowest BCUT2D eigenvalue weighted by molar-refractivity contribution is -0.00556. The van der Waals surface area contributed by atoms with Crippen molar-refractivity contribution in [2.75, 3.05) is 0 Å². The van der Waals surface area contributed by atoms with Crippen LogP contribution in [-0.2, 0) is 5.41 Å². The topological polar surface area (TPSA) is 63.1 Å². The van der Waals surface area contributed by atoms with Gasteiger partial charge in [-0.05, 0) is 56.3 Å². The summed E-state index contributed by atoms with van der Waals surface area (Å²) in [4.78, 5) is 10.9. The van der Waals surface area contributed by atoms with Gasteiger partial charge in [0.25, 0.3) is 0 Å². The highest BCUT2D eigenvalue weighted by Crippen LogP contribution is 2.60. The predicted molar refractivity (Wildman–Crippen MR) is 66.7 cm³/mol. The molecule has 1 aromatic rings. The van der Waals surface area contributed by atoms with Crippen molar-refractivity contribution in [2.45, 2.75) is 43.9 Å². The van der Waals surface area contributed by atoms with Gasteiger partial charge in [-0.25, -0.2) is 4.79 Å². The third kappa shape index (κ3) is 1.46. The van der Waals surface area contributed by atoms with Gasteiger partial charge in [-0.15, -0.1) is 10.2 Å². The summed E-state index contributed by atoms with van der Waals surface area (Å²) in [6.45, 7) is 0. The molecule has 1 heterocycles. The Morgan fingerprint density at radius 3 is 2.11 bits per heavy atom. The molecule has 0 amide bonds. The van der Waals surface area contributed by atoms with Gasteiger partial charge < -0.3 is 5.11 Å². The number of carboxylic acid groups (broad SMARTS) is 1. The number of hydrogen-bond donors (Lipinski definition) is 1. The molecule has 1 aromatic heterocycles. The molecule has 96 valence electrons. The Hall–Kier alpha value is -0.970. The largest absolute Gasteiger partial charge is 0.476 e. The Bertz CT molecular complexity index is 476. The van der Waals surface area contributed by atoms with Crippen molar-refractivity contribution < 1.29 is 9.90 Å². The summed E-state index contributed by atoms with van der Waals surface area (Å²) in [7, 11) is 0. The quantitative estimate of drug-likeness (QED) is 0.892. The first kappa shape index (κ1) is 10.9. The molecule has 4 aliphatic carbocycles. The number of carbonyl (C=O) groups is 1. The molecule has 0 unspecified atom stereocenters. The summed E-state index contributed by atoms with van der Waals surface area (Å²) in [6.07, 6.45) is 7.82. The first-order valence-corrected chi connectivity index (χ1v) is 7.53. The number of carboxylic acids is 1. The van der Waals surface area contributed by atoms with Crippen LogP contribution in [0.4, 0.5) is 0 Å². The molecule has 5 heteroatoms. The maximum absolute atomic E-state index is 10.9. The first-order valence-electron chi connectivity index (χ1n) is 6.72. The zero-order valence-corrected chi connectivity index (χ0v) is 10.9. The van der Waals surface area contributed by atoms with E-state index in [0.717, 1.165) is 22.8 Å². The second-order valence-electron chi connectivity index (χ2n) is 6.42. The van der Waals surface area contributed by atoms with Gasteiger partial charge in [-0.2, -0.15) is 0 Å². The summed E-state index contributed by atoms with van der Waals surface area (Å²) >= 11 is 1.31. The molecule has 0 spiro atoms. The van der Waals surface area contributed by atoms with E-state index in [-0.39, 0.29) is 10.4 Å². The van der Waals surface area contributed by atoms with Crippen LogP contribution in [0, 0.1) is 17.8 Å². The van der Waals surface area contributed by atoms with Crippen LogP contribution in [0.25, 0.3) is 0 Å². The molecular formula is C13H16N2O2S. The molecule has 4 aliphatic rings. The zero-order chi connectivity index (χ0) is 12.3. The second-order valence-corrected chi connectivity index (χ2v) is 7.39. The molecule has 0 radical (unpaired) electrons. The Kier molecular flexibility index (Phi) is 2.14. The normalized spacial score (nSPS) is 41.2. The van der Waals surface area contributed by atoms with E-state index in [0.29, 0.717) is 0 Å². The molecule has 5 rings (SSSR count). The number of nitrogens with zero attached hydrogens (tertiary/aromatic N) is 2. The van der Waals surface area contributed by atoms with Crippen molar-refractivity contribution >= 4 is 17.3 Å². The van der Waals surface area contributed by atoms with Gasteiger partial charge >= 0.3 is 5.97 Å². The van der Waals surface area contributed by atoms with Crippen LogP contribution >= 0.6 is 11.3 Å². The van der Waals surface area contributed by atoms with Crippen LogP contribution in [0.15, 0.2) is 0 Å².